The van der Waals surface area contributed by atoms with Gasteiger partial charge in [-0.15, -0.1) is 0 Å². The summed E-state index contributed by atoms with van der Waals surface area (Å²) in [4.78, 5) is 2.76. The topological polar surface area (TPSA) is 29.3 Å². The van der Waals surface area contributed by atoms with Crippen molar-refractivity contribution in [1.29, 1.82) is 0 Å². The standard InChI is InChI=1S/C14H28N2/c1-11-8-12(2)13(3)16(9-11)14(10-15)6-4-5-7-14/h11-13H,4-10,15H2,1-3H3. The van der Waals surface area contributed by atoms with E-state index in [-0.39, 0.29) is 0 Å². The van der Waals surface area contributed by atoms with Gasteiger partial charge < -0.3 is 5.73 Å². The maximum Gasteiger partial charge on any atom is 0.0334 e. The minimum atomic E-state index is 0.350. The van der Waals surface area contributed by atoms with Crippen molar-refractivity contribution in [1.82, 2.24) is 4.90 Å². The highest BCUT2D eigenvalue weighted by molar-refractivity contribution is 5.00. The molecule has 3 atom stereocenters. The summed E-state index contributed by atoms with van der Waals surface area (Å²) in [6.45, 7) is 9.34. The van der Waals surface area contributed by atoms with Crippen molar-refractivity contribution < 1.29 is 0 Å². The quantitative estimate of drug-likeness (QED) is 0.781. The van der Waals surface area contributed by atoms with E-state index in [1.807, 2.05) is 0 Å². The normalized spacial score (nSPS) is 40.1. The number of likely N-dealkylation sites (tertiary alicyclic amines) is 1. The van der Waals surface area contributed by atoms with Crippen LogP contribution in [0.4, 0.5) is 0 Å². The molecule has 0 aromatic rings. The molecule has 1 heterocycles. The Hall–Kier alpha value is -0.0800. The molecule has 1 saturated carbocycles. The summed E-state index contributed by atoms with van der Waals surface area (Å²) in [7, 11) is 0. The number of hydrogen-bond donors (Lipinski definition) is 1. The molecule has 0 bridgehead atoms. The predicted octanol–water partition coefficient (Wildman–Crippen LogP) is 2.62. The fourth-order valence-electron chi connectivity index (χ4n) is 3.98. The van der Waals surface area contributed by atoms with Crippen molar-refractivity contribution in [2.24, 2.45) is 17.6 Å². The highest BCUT2D eigenvalue weighted by Crippen LogP contribution is 2.40. The third-order valence-electron chi connectivity index (χ3n) is 5.12. The summed E-state index contributed by atoms with van der Waals surface area (Å²) >= 11 is 0. The molecule has 0 spiro atoms. The van der Waals surface area contributed by atoms with E-state index in [1.54, 1.807) is 0 Å². The molecule has 0 radical (unpaired) electrons. The van der Waals surface area contributed by atoms with Gasteiger partial charge in [0.15, 0.2) is 0 Å². The Morgan fingerprint density at radius 2 is 1.81 bits per heavy atom. The number of hydrogen-bond acceptors (Lipinski definition) is 2. The van der Waals surface area contributed by atoms with Gasteiger partial charge in [-0.25, -0.2) is 0 Å². The van der Waals surface area contributed by atoms with Gasteiger partial charge in [-0.2, -0.15) is 0 Å². The fraction of sp³-hybridized carbons (Fsp3) is 1.00. The van der Waals surface area contributed by atoms with E-state index in [4.69, 9.17) is 5.73 Å². The zero-order chi connectivity index (χ0) is 11.8. The van der Waals surface area contributed by atoms with Gasteiger partial charge in [0.1, 0.15) is 0 Å². The first kappa shape index (κ1) is 12.4. The first-order valence-corrected chi connectivity index (χ1v) is 7.06. The zero-order valence-corrected chi connectivity index (χ0v) is 11.2. The molecule has 2 rings (SSSR count). The second-order valence-electron chi connectivity index (χ2n) is 6.35. The number of nitrogens with two attached hydrogens (primary N) is 1. The number of nitrogens with zero attached hydrogens (tertiary/aromatic N) is 1. The van der Waals surface area contributed by atoms with Crippen molar-refractivity contribution in [3.8, 4) is 0 Å². The maximum absolute atomic E-state index is 6.11. The molecule has 0 aromatic heterocycles. The lowest BCUT2D eigenvalue weighted by molar-refractivity contribution is -0.0130. The van der Waals surface area contributed by atoms with Gasteiger partial charge in [0.2, 0.25) is 0 Å². The van der Waals surface area contributed by atoms with Crippen LogP contribution in [0, 0.1) is 11.8 Å². The van der Waals surface area contributed by atoms with Crippen molar-refractivity contribution in [2.75, 3.05) is 13.1 Å². The lowest BCUT2D eigenvalue weighted by Gasteiger charge is -2.51. The molecule has 2 aliphatic rings. The van der Waals surface area contributed by atoms with Crippen molar-refractivity contribution in [3.63, 3.8) is 0 Å². The first-order chi connectivity index (χ1) is 7.59. The summed E-state index contributed by atoms with van der Waals surface area (Å²) in [6, 6.07) is 0.720. The fourth-order valence-corrected chi connectivity index (χ4v) is 3.98. The van der Waals surface area contributed by atoms with E-state index >= 15 is 0 Å². The Morgan fingerprint density at radius 3 is 2.38 bits per heavy atom. The van der Waals surface area contributed by atoms with E-state index in [0.29, 0.717) is 5.54 Å². The Bertz CT molecular complexity index is 233. The van der Waals surface area contributed by atoms with Crippen molar-refractivity contribution in [2.45, 2.75) is 64.5 Å². The smallest absolute Gasteiger partial charge is 0.0334 e. The van der Waals surface area contributed by atoms with Crippen LogP contribution in [0.3, 0.4) is 0 Å². The van der Waals surface area contributed by atoms with Gasteiger partial charge in [0.05, 0.1) is 0 Å². The van der Waals surface area contributed by atoms with Crippen LogP contribution < -0.4 is 5.73 Å². The van der Waals surface area contributed by atoms with Crippen LogP contribution >= 0.6 is 0 Å². The second-order valence-corrected chi connectivity index (χ2v) is 6.35. The second kappa shape index (κ2) is 4.66. The van der Waals surface area contributed by atoms with Gasteiger partial charge in [-0.1, -0.05) is 26.7 Å². The Balaban J connectivity index is 2.16. The van der Waals surface area contributed by atoms with Crippen molar-refractivity contribution in [3.05, 3.63) is 0 Å². The van der Waals surface area contributed by atoms with Gasteiger partial charge in [0, 0.05) is 24.7 Å². The zero-order valence-electron chi connectivity index (χ0n) is 11.2. The monoisotopic (exact) mass is 224 g/mol. The van der Waals surface area contributed by atoms with Crippen molar-refractivity contribution >= 4 is 0 Å². The van der Waals surface area contributed by atoms with Crippen LogP contribution in [0.2, 0.25) is 0 Å². The van der Waals surface area contributed by atoms with Gasteiger partial charge in [-0.3, -0.25) is 4.90 Å². The maximum atomic E-state index is 6.11. The van der Waals surface area contributed by atoms with Crippen LogP contribution in [0.1, 0.15) is 52.9 Å². The van der Waals surface area contributed by atoms with Crippen LogP contribution in [-0.2, 0) is 0 Å². The third-order valence-corrected chi connectivity index (χ3v) is 5.12. The first-order valence-electron chi connectivity index (χ1n) is 7.06. The largest absolute Gasteiger partial charge is 0.329 e. The minimum Gasteiger partial charge on any atom is -0.329 e. The molecule has 2 heteroatoms. The minimum absolute atomic E-state index is 0.350. The Labute approximate surface area is 101 Å². The molecule has 2 fully saturated rings. The summed E-state index contributed by atoms with van der Waals surface area (Å²) < 4.78 is 0. The van der Waals surface area contributed by atoms with Crippen LogP contribution in [0.5, 0.6) is 0 Å². The molecule has 16 heavy (non-hydrogen) atoms. The van der Waals surface area contributed by atoms with E-state index < -0.39 is 0 Å². The lowest BCUT2D eigenvalue weighted by atomic mass is 9.81. The molecule has 0 aromatic carbocycles. The SMILES string of the molecule is CC1CC(C)C(C)N(C2(CN)CCCC2)C1. The molecule has 1 aliphatic heterocycles. The molecular weight excluding hydrogens is 196 g/mol. The molecule has 0 amide bonds. The number of rotatable bonds is 2. The molecular formula is C14H28N2. The summed E-state index contributed by atoms with van der Waals surface area (Å²) in [6.07, 6.45) is 6.80. The van der Waals surface area contributed by atoms with Gasteiger partial charge >= 0.3 is 0 Å². The lowest BCUT2D eigenvalue weighted by Crippen LogP contribution is -2.60. The summed E-state index contributed by atoms with van der Waals surface area (Å²) in [5.41, 5.74) is 6.46. The van der Waals surface area contributed by atoms with E-state index in [0.717, 1.165) is 24.4 Å². The van der Waals surface area contributed by atoms with Crippen LogP contribution in [-0.4, -0.2) is 29.6 Å². The predicted molar refractivity (Wildman–Crippen MR) is 69.4 cm³/mol. The van der Waals surface area contributed by atoms with Crippen LogP contribution in [0.25, 0.3) is 0 Å². The Morgan fingerprint density at radius 1 is 1.19 bits per heavy atom. The highest BCUT2D eigenvalue weighted by Gasteiger charge is 2.44. The van der Waals surface area contributed by atoms with Gasteiger partial charge in [-0.05, 0) is 38.0 Å². The average Bonchev–Trinajstić information content (AvgIpc) is 2.73. The number of piperidine rings is 1. The van der Waals surface area contributed by atoms with Crippen LogP contribution in [0.15, 0.2) is 0 Å². The molecule has 1 aliphatic carbocycles. The van der Waals surface area contributed by atoms with E-state index in [1.165, 1.54) is 38.6 Å². The van der Waals surface area contributed by atoms with Gasteiger partial charge in [0.25, 0.3) is 0 Å². The third kappa shape index (κ3) is 2.02. The highest BCUT2D eigenvalue weighted by atomic mass is 15.2. The molecule has 1 saturated heterocycles. The molecule has 3 unspecified atom stereocenters. The Kier molecular flexibility index (Phi) is 3.60. The summed E-state index contributed by atoms with van der Waals surface area (Å²) in [5, 5.41) is 0. The molecule has 2 nitrogen and oxygen atoms in total. The average molecular weight is 224 g/mol. The van der Waals surface area contributed by atoms with E-state index in [9.17, 15) is 0 Å². The molecule has 2 N–H and O–H groups in total. The summed E-state index contributed by atoms with van der Waals surface area (Å²) in [5.74, 6) is 1.67. The van der Waals surface area contributed by atoms with E-state index in [2.05, 4.69) is 25.7 Å². The molecule has 94 valence electrons.